The number of amides is 3. The highest BCUT2D eigenvalue weighted by molar-refractivity contribution is 5.94. The van der Waals surface area contributed by atoms with Gasteiger partial charge in [-0.15, -0.1) is 9.78 Å². The predicted octanol–water partition coefficient (Wildman–Crippen LogP) is 4.93. The van der Waals surface area contributed by atoms with Crippen LogP contribution in [0.15, 0.2) is 66.7 Å². The zero-order chi connectivity index (χ0) is 30.4. The Bertz CT molecular complexity index is 1670. The van der Waals surface area contributed by atoms with Crippen molar-refractivity contribution in [1.29, 1.82) is 5.26 Å². The first-order valence-corrected chi connectivity index (χ1v) is 12.7. The molecular weight excluding hydrogens is 538 g/mol. The summed E-state index contributed by atoms with van der Waals surface area (Å²) in [7, 11) is 1.55. The highest BCUT2D eigenvalue weighted by Crippen LogP contribution is 2.27. The van der Waals surface area contributed by atoms with E-state index in [0.29, 0.717) is 33.8 Å². The summed E-state index contributed by atoms with van der Waals surface area (Å²) >= 11 is 0. The Hall–Kier alpha value is -5.90. The molecule has 13 heteroatoms. The van der Waals surface area contributed by atoms with E-state index in [4.69, 9.17) is 10.5 Å². The molecule has 4 rings (SSSR count). The lowest BCUT2D eigenvalue weighted by molar-refractivity contribution is 0.0635. The van der Waals surface area contributed by atoms with E-state index in [0.717, 1.165) is 10.2 Å². The molecule has 1 aromatic heterocycles. The molecule has 3 amide bonds. The van der Waals surface area contributed by atoms with Crippen LogP contribution < -0.4 is 27.0 Å². The summed E-state index contributed by atoms with van der Waals surface area (Å²) in [6.07, 6.45) is -0.633. The van der Waals surface area contributed by atoms with Gasteiger partial charge in [-0.05, 0) is 86.5 Å². The third-order valence-corrected chi connectivity index (χ3v) is 5.63. The van der Waals surface area contributed by atoms with Crippen LogP contribution in [0.3, 0.4) is 0 Å². The van der Waals surface area contributed by atoms with Gasteiger partial charge in [0.1, 0.15) is 5.60 Å². The van der Waals surface area contributed by atoms with Crippen LogP contribution in [0.25, 0.3) is 11.1 Å². The zero-order valence-electron chi connectivity index (χ0n) is 23.4. The maximum Gasteiger partial charge on any atom is 0.412 e. The van der Waals surface area contributed by atoms with Gasteiger partial charge in [0.05, 0.1) is 11.6 Å². The van der Waals surface area contributed by atoms with Crippen molar-refractivity contribution in [2.45, 2.75) is 26.4 Å². The normalized spacial score (nSPS) is 10.7. The molecule has 0 fully saturated rings. The van der Waals surface area contributed by atoms with Gasteiger partial charge < -0.3 is 26.4 Å². The van der Waals surface area contributed by atoms with Crippen LogP contribution in [0.4, 0.5) is 38.5 Å². The third kappa shape index (κ3) is 7.39. The molecule has 1 heterocycles. The SMILES string of the molecule is CNC(=O)c1ccc(Nc2nc(N)n(C(=O)Nc3ccc(-c4cc(C#N)cc(NC(=O)OC(C)(C)C)c4)cc3)n2)cc1. The fourth-order valence-corrected chi connectivity index (χ4v) is 3.78. The second-order valence-corrected chi connectivity index (χ2v) is 10.0. The minimum atomic E-state index is -0.671. The van der Waals surface area contributed by atoms with E-state index >= 15 is 0 Å². The summed E-state index contributed by atoms with van der Waals surface area (Å²) in [6, 6.07) is 19.9. The van der Waals surface area contributed by atoms with E-state index in [9.17, 15) is 19.6 Å². The van der Waals surface area contributed by atoms with Crippen molar-refractivity contribution < 1.29 is 19.1 Å². The van der Waals surface area contributed by atoms with Gasteiger partial charge in [-0.25, -0.2) is 9.59 Å². The molecular formula is C29H29N9O4. The molecule has 0 atom stereocenters. The number of nitrogens with one attached hydrogen (secondary N) is 4. The van der Waals surface area contributed by atoms with Crippen molar-refractivity contribution in [3.05, 3.63) is 77.9 Å². The number of rotatable bonds is 6. The smallest absolute Gasteiger partial charge is 0.412 e. The second kappa shape index (κ2) is 12.1. The number of nitriles is 1. The summed E-state index contributed by atoms with van der Waals surface area (Å²) in [4.78, 5) is 40.8. The van der Waals surface area contributed by atoms with E-state index in [1.807, 2.05) is 0 Å². The minimum Gasteiger partial charge on any atom is -0.444 e. The lowest BCUT2D eigenvalue weighted by Crippen LogP contribution is -2.27. The van der Waals surface area contributed by atoms with E-state index in [-0.39, 0.29) is 17.8 Å². The molecule has 3 aromatic carbocycles. The number of benzene rings is 3. The standard InChI is InChI=1S/C29H29N9O4/c1-29(2,3)42-28(41)35-23-14-17(16-30)13-20(15-23)18-5-9-22(10-6-18)34-27(40)38-25(31)36-26(37-38)33-21-11-7-19(8-12-21)24(39)32-4/h5-15H,1-4H3,(H,32,39)(H,34,40)(H,35,41)(H3,31,33,36,37). The van der Waals surface area contributed by atoms with Crippen molar-refractivity contribution in [2.75, 3.05) is 28.7 Å². The minimum absolute atomic E-state index is 0.0962. The lowest BCUT2D eigenvalue weighted by atomic mass is 10.0. The summed E-state index contributed by atoms with van der Waals surface area (Å²) in [5.74, 6) is -0.251. The van der Waals surface area contributed by atoms with E-state index < -0.39 is 17.7 Å². The molecule has 0 spiro atoms. The third-order valence-electron chi connectivity index (χ3n) is 5.63. The Morgan fingerprint density at radius 2 is 1.57 bits per heavy atom. The fourth-order valence-electron chi connectivity index (χ4n) is 3.78. The Morgan fingerprint density at radius 3 is 2.19 bits per heavy atom. The summed E-state index contributed by atoms with van der Waals surface area (Å²) < 4.78 is 6.21. The van der Waals surface area contributed by atoms with Crippen LogP contribution in [0.1, 0.15) is 36.7 Å². The summed E-state index contributed by atoms with van der Waals surface area (Å²) in [5, 5.41) is 24.4. The second-order valence-electron chi connectivity index (χ2n) is 10.0. The number of hydrogen-bond acceptors (Lipinski definition) is 9. The average Bonchev–Trinajstić information content (AvgIpc) is 3.31. The summed E-state index contributed by atoms with van der Waals surface area (Å²) in [6.45, 7) is 5.27. The predicted molar refractivity (Wildman–Crippen MR) is 158 cm³/mol. The first-order valence-electron chi connectivity index (χ1n) is 12.7. The first kappa shape index (κ1) is 29.1. The van der Waals surface area contributed by atoms with Gasteiger partial charge in [-0.2, -0.15) is 10.2 Å². The van der Waals surface area contributed by atoms with Crippen molar-refractivity contribution in [3.8, 4) is 17.2 Å². The van der Waals surface area contributed by atoms with Crippen molar-refractivity contribution in [3.63, 3.8) is 0 Å². The number of anilines is 5. The molecule has 6 N–H and O–H groups in total. The lowest BCUT2D eigenvalue weighted by Gasteiger charge is -2.20. The zero-order valence-corrected chi connectivity index (χ0v) is 23.4. The highest BCUT2D eigenvalue weighted by Gasteiger charge is 2.17. The Labute approximate surface area is 241 Å². The molecule has 13 nitrogen and oxygen atoms in total. The Kier molecular flexibility index (Phi) is 8.37. The Morgan fingerprint density at radius 1 is 0.905 bits per heavy atom. The molecule has 0 bridgehead atoms. The van der Waals surface area contributed by atoms with Crippen molar-refractivity contribution in [2.24, 2.45) is 0 Å². The van der Waals surface area contributed by atoms with E-state index in [1.165, 1.54) is 0 Å². The number of nitrogen functional groups attached to an aromatic ring is 1. The molecule has 0 aliphatic carbocycles. The maximum atomic E-state index is 12.8. The van der Waals surface area contributed by atoms with Crippen molar-refractivity contribution >= 4 is 47.0 Å². The van der Waals surface area contributed by atoms with Gasteiger partial charge in [0.25, 0.3) is 5.91 Å². The largest absolute Gasteiger partial charge is 0.444 e. The Balaban J connectivity index is 1.44. The maximum absolute atomic E-state index is 12.8. The number of carbonyl (C=O) groups excluding carboxylic acids is 3. The van der Waals surface area contributed by atoms with Gasteiger partial charge >= 0.3 is 12.1 Å². The molecule has 214 valence electrons. The van der Waals surface area contributed by atoms with Crippen LogP contribution in [-0.4, -0.2) is 45.4 Å². The highest BCUT2D eigenvalue weighted by atomic mass is 16.6. The molecule has 0 saturated carbocycles. The van der Waals surface area contributed by atoms with Gasteiger partial charge in [-0.1, -0.05) is 12.1 Å². The van der Waals surface area contributed by atoms with Gasteiger partial charge in [0, 0.05) is 29.7 Å². The van der Waals surface area contributed by atoms with Gasteiger partial charge in [0.2, 0.25) is 11.9 Å². The monoisotopic (exact) mass is 567 g/mol. The molecule has 0 unspecified atom stereocenters. The molecule has 0 radical (unpaired) electrons. The molecule has 42 heavy (non-hydrogen) atoms. The topological polar surface area (TPSA) is 189 Å². The molecule has 0 aliphatic heterocycles. The average molecular weight is 568 g/mol. The quantitative estimate of drug-likeness (QED) is 0.215. The van der Waals surface area contributed by atoms with Gasteiger partial charge in [-0.3, -0.25) is 10.1 Å². The molecule has 0 saturated heterocycles. The number of hydrogen-bond donors (Lipinski definition) is 5. The van der Waals surface area contributed by atoms with E-state index in [2.05, 4.69) is 37.4 Å². The van der Waals surface area contributed by atoms with Crippen molar-refractivity contribution in [1.82, 2.24) is 20.1 Å². The number of ether oxygens (including phenoxy) is 1. The number of carbonyl (C=O) groups is 3. The number of aromatic nitrogens is 3. The summed E-state index contributed by atoms with van der Waals surface area (Å²) in [5.41, 5.74) is 8.97. The van der Waals surface area contributed by atoms with Crippen LogP contribution in [0.5, 0.6) is 0 Å². The van der Waals surface area contributed by atoms with Crippen LogP contribution in [0.2, 0.25) is 0 Å². The van der Waals surface area contributed by atoms with E-state index in [1.54, 1.807) is 94.5 Å². The van der Waals surface area contributed by atoms with Gasteiger partial charge in [0.15, 0.2) is 0 Å². The number of nitrogens with two attached hydrogens (primary N) is 1. The van der Waals surface area contributed by atoms with Crippen LogP contribution >= 0.6 is 0 Å². The molecule has 0 aliphatic rings. The first-order chi connectivity index (χ1) is 19.9. The van der Waals surface area contributed by atoms with Crippen LogP contribution in [0, 0.1) is 11.3 Å². The number of nitrogens with zero attached hydrogens (tertiary/aromatic N) is 4. The fraction of sp³-hybridized carbons (Fsp3) is 0.172. The molecule has 4 aromatic rings. The van der Waals surface area contributed by atoms with Crippen LogP contribution in [-0.2, 0) is 4.74 Å².